The minimum absolute atomic E-state index is 0. The zero-order chi connectivity index (χ0) is 17.0. The number of carbonyl (C=O) groups excluding carboxylic acids is 2. The molecule has 6 nitrogen and oxygen atoms in total. The summed E-state index contributed by atoms with van der Waals surface area (Å²) in [5.74, 6) is -3.07. The molecule has 1 heterocycles. The number of benzene rings is 1. The minimum Gasteiger partial charge on any atom is -0.495 e. The quantitative estimate of drug-likeness (QED) is 0.743. The number of rotatable bonds is 5. The maximum Gasteiger partial charge on any atom is 0.262 e. The van der Waals surface area contributed by atoms with E-state index < -0.39 is 30.8 Å². The molecule has 3 N–H and O–H groups in total. The summed E-state index contributed by atoms with van der Waals surface area (Å²) in [7, 11) is 1.48. The van der Waals surface area contributed by atoms with Gasteiger partial charge in [-0.15, -0.1) is 12.4 Å². The summed E-state index contributed by atoms with van der Waals surface area (Å²) in [4.78, 5) is 23.1. The van der Waals surface area contributed by atoms with E-state index in [2.05, 4.69) is 16.0 Å². The van der Waals surface area contributed by atoms with Gasteiger partial charge >= 0.3 is 0 Å². The molecule has 0 radical (unpaired) electrons. The number of alkyl halides is 2. The van der Waals surface area contributed by atoms with Crippen LogP contribution >= 0.6 is 12.4 Å². The molecule has 0 aromatic heterocycles. The van der Waals surface area contributed by atoms with Gasteiger partial charge in [-0.2, -0.15) is 0 Å². The van der Waals surface area contributed by atoms with E-state index in [-0.39, 0.29) is 24.9 Å². The first kappa shape index (κ1) is 20.1. The molecule has 1 saturated heterocycles. The molecule has 1 aliphatic rings. The second-order valence-electron chi connectivity index (χ2n) is 5.43. The predicted molar refractivity (Wildman–Crippen MR) is 87.7 cm³/mol. The minimum atomic E-state index is -2.85. The average Bonchev–Trinajstić information content (AvgIpc) is 2.84. The molecule has 1 atom stereocenters. The lowest BCUT2D eigenvalue weighted by Crippen LogP contribution is -2.40. The summed E-state index contributed by atoms with van der Waals surface area (Å²) < 4.78 is 31.3. The van der Waals surface area contributed by atoms with Crippen LogP contribution in [0.15, 0.2) is 18.2 Å². The van der Waals surface area contributed by atoms with Gasteiger partial charge in [0.2, 0.25) is 11.8 Å². The third-order valence-corrected chi connectivity index (χ3v) is 3.47. The van der Waals surface area contributed by atoms with Crippen molar-refractivity contribution in [2.45, 2.75) is 31.9 Å². The second-order valence-corrected chi connectivity index (χ2v) is 5.43. The highest BCUT2D eigenvalue weighted by atomic mass is 35.5. The van der Waals surface area contributed by atoms with Gasteiger partial charge in [0.05, 0.1) is 25.4 Å². The lowest BCUT2D eigenvalue weighted by molar-refractivity contribution is -0.123. The summed E-state index contributed by atoms with van der Waals surface area (Å²) in [6.45, 7) is 1.05. The molecule has 134 valence electrons. The van der Waals surface area contributed by atoms with Crippen molar-refractivity contribution in [2.24, 2.45) is 0 Å². The Hall–Kier alpha value is -1.93. The fraction of sp³-hybridized carbons (Fsp3) is 0.467. The Kier molecular flexibility index (Phi) is 6.92. The van der Waals surface area contributed by atoms with Crippen molar-refractivity contribution < 1.29 is 23.1 Å². The van der Waals surface area contributed by atoms with Gasteiger partial charge in [0.1, 0.15) is 5.75 Å². The SMILES string of the molecule is COc1ccc(CNC(=O)C2CC(F)(F)CN2)cc1NC(C)=O.Cl. The number of halogens is 3. The van der Waals surface area contributed by atoms with E-state index in [0.717, 1.165) is 0 Å². The third kappa shape index (κ3) is 5.31. The van der Waals surface area contributed by atoms with Gasteiger partial charge in [-0.1, -0.05) is 6.07 Å². The van der Waals surface area contributed by atoms with Crippen molar-refractivity contribution in [3.05, 3.63) is 23.8 Å². The molecular weight excluding hydrogens is 344 g/mol. The molecule has 1 aromatic carbocycles. The number of amides is 2. The normalized spacial score (nSPS) is 18.4. The van der Waals surface area contributed by atoms with Crippen molar-refractivity contribution in [1.82, 2.24) is 10.6 Å². The molecule has 0 spiro atoms. The maximum atomic E-state index is 13.1. The lowest BCUT2D eigenvalue weighted by atomic mass is 10.1. The maximum absolute atomic E-state index is 13.1. The second kappa shape index (κ2) is 8.25. The molecule has 9 heteroatoms. The summed E-state index contributed by atoms with van der Waals surface area (Å²) >= 11 is 0. The number of methoxy groups -OCH3 is 1. The van der Waals surface area contributed by atoms with Crippen molar-refractivity contribution in [3.63, 3.8) is 0 Å². The van der Waals surface area contributed by atoms with Crippen LogP contribution in [0.2, 0.25) is 0 Å². The van der Waals surface area contributed by atoms with E-state index >= 15 is 0 Å². The first-order valence-corrected chi connectivity index (χ1v) is 7.14. The van der Waals surface area contributed by atoms with Crippen LogP contribution in [0, 0.1) is 0 Å². The number of carbonyl (C=O) groups is 2. The van der Waals surface area contributed by atoms with Gasteiger partial charge in [0.15, 0.2) is 0 Å². The van der Waals surface area contributed by atoms with Gasteiger partial charge in [0, 0.05) is 19.9 Å². The Bertz CT molecular complexity index is 614. The van der Waals surface area contributed by atoms with Crippen molar-refractivity contribution in [2.75, 3.05) is 19.0 Å². The summed E-state index contributed by atoms with van der Waals surface area (Å²) in [6.07, 6.45) is -0.501. The zero-order valence-electron chi connectivity index (χ0n) is 13.3. The highest BCUT2D eigenvalue weighted by molar-refractivity contribution is 5.90. The number of hydrogen-bond acceptors (Lipinski definition) is 4. The Labute approximate surface area is 144 Å². The summed E-state index contributed by atoms with van der Waals surface area (Å²) in [6, 6.07) is 4.16. The van der Waals surface area contributed by atoms with Gasteiger partial charge in [-0.25, -0.2) is 8.78 Å². The topological polar surface area (TPSA) is 79.5 Å². The summed E-state index contributed by atoms with van der Waals surface area (Å²) in [5, 5.41) is 7.74. The predicted octanol–water partition coefficient (Wildman–Crippen LogP) is 1.69. The van der Waals surface area contributed by atoms with Gasteiger partial charge in [-0.05, 0) is 17.7 Å². The third-order valence-electron chi connectivity index (χ3n) is 3.47. The molecule has 2 rings (SSSR count). The number of hydrogen-bond donors (Lipinski definition) is 3. The van der Waals surface area contributed by atoms with Crippen LogP contribution in [-0.4, -0.2) is 37.4 Å². The molecule has 2 amide bonds. The van der Waals surface area contributed by atoms with Crippen molar-refractivity contribution >= 4 is 29.9 Å². The molecule has 0 saturated carbocycles. The van der Waals surface area contributed by atoms with Crippen LogP contribution in [0.3, 0.4) is 0 Å². The fourth-order valence-electron chi connectivity index (χ4n) is 2.37. The number of anilines is 1. The van der Waals surface area contributed by atoms with Gasteiger partial charge in [0.25, 0.3) is 5.92 Å². The highest BCUT2D eigenvalue weighted by Crippen LogP contribution is 2.26. The first-order chi connectivity index (χ1) is 10.8. The molecule has 0 bridgehead atoms. The van der Waals surface area contributed by atoms with E-state index in [1.807, 2.05) is 0 Å². The van der Waals surface area contributed by atoms with Crippen molar-refractivity contribution in [3.8, 4) is 5.75 Å². The average molecular weight is 364 g/mol. The van der Waals surface area contributed by atoms with Crippen LogP contribution in [0.5, 0.6) is 5.75 Å². The Morgan fingerprint density at radius 2 is 2.12 bits per heavy atom. The largest absolute Gasteiger partial charge is 0.495 e. The fourth-order valence-corrected chi connectivity index (χ4v) is 2.37. The van der Waals surface area contributed by atoms with Crippen LogP contribution in [0.4, 0.5) is 14.5 Å². The Morgan fingerprint density at radius 1 is 1.42 bits per heavy atom. The van der Waals surface area contributed by atoms with E-state index in [4.69, 9.17) is 4.74 Å². The molecule has 1 aliphatic heterocycles. The van der Waals surface area contributed by atoms with Crippen molar-refractivity contribution in [1.29, 1.82) is 0 Å². The smallest absolute Gasteiger partial charge is 0.262 e. The van der Waals surface area contributed by atoms with E-state index in [1.54, 1.807) is 18.2 Å². The number of nitrogens with one attached hydrogen (secondary N) is 3. The lowest BCUT2D eigenvalue weighted by Gasteiger charge is -2.13. The molecule has 0 aliphatic carbocycles. The van der Waals surface area contributed by atoms with Crippen LogP contribution < -0.4 is 20.7 Å². The standard InChI is InChI=1S/C15H19F2N3O3.ClH/c1-9(21)20-11-5-10(3-4-13(11)23-2)7-18-14(22)12-6-15(16,17)8-19-12;/h3-5,12,19H,6-8H2,1-2H3,(H,18,22)(H,20,21);1H. The summed E-state index contributed by atoms with van der Waals surface area (Å²) in [5.41, 5.74) is 1.20. The Morgan fingerprint density at radius 3 is 2.67 bits per heavy atom. The Balaban J connectivity index is 0.00000288. The molecule has 1 fully saturated rings. The zero-order valence-corrected chi connectivity index (χ0v) is 14.1. The molecule has 24 heavy (non-hydrogen) atoms. The van der Waals surface area contributed by atoms with E-state index in [9.17, 15) is 18.4 Å². The van der Waals surface area contributed by atoms with Gasteiger partial charge in [-0.3, -0.25) is 14.9 Å². The van der Waals surface area contributed by atoms with Gasteiger partial charge < -0.3 is 15.4 Å². The highest BCUT2D eigenvalue weighted by Gasteiger charge is 2.42. The van der Waals surface area contributed by atoms with Crippen LogP contribution in [0.1, 0.15) is 18.9 Å². The number of ether oxygens (including phenoxy) is 1. The van der Waals surface area contributed by atoms with E-state index in [0.29, 0.717) is 17.0 Å². The monoisotopic (exact) mass is 363 g/mol. The molecule has 1 aromatic rings. The first-order valence-electron chi connectivity index (χ1n) is 7.14. The van der Waals surface area contributed by atoms with Crippen LogP contribution in [-0.2, 0) is 16.1 Å². The molecule has 1 unspecified atom stereocenters. The van der Waals surface area contributed by atoms with Crippen LogP contribution in [0.25, 0.3) is 0 Å². The molecular formula is C15H20ClF2N3O3. The van der Waals surface area contributed by atoms with E-state index in [1.165, 1.54) is 14.0 Å².